The minimum Gasteiger partial charge on any atom is -0.384 e. The topological polar surface area (TPSA) is 44.4 Å². The highest BCUT2D eigenvalue weighted by Crippen LogP contribution is 2.22. The number of benzene rings is 2. The van der Waals surface area contributed by atoms with Gasteiger partial charge < -0.3 is 15.5 Å². The molecule has 2 aromatic rings. The first kappa shape index (κ1) is 18.3. The highest BCUT2D eigenvalue weighted by Gasteiger charge is 2.11. The van der Waals surface area contributed by atoms with E-state index in [4.69, 9.17) is 0 Å². The van der Waals surface area contributed by atoms with Gasteiger partial charge in [0, 0.05) is 43.1 Å². The van der Waals surface area contributed by atoms with Crippen LogP contribution >= 0.6 is 0 Å². The summed E-state index contributed by atoms with van der Waals surface area (Å²) < 4.78 is 0. The van der Waals surface area contributed by atoms with Gasteiger partial charge in [0.25, 0.3) is 0 Å². The Kier molecular flexibility index (Phi) is 6.53. The van der Waals surface area contributed by atoms with Gasteiger partial charge in [-0.05, 0) is 61.6 Å². The van der Waals surface area contributed by atoms with Crippen LogP contribution in [0.1, 0.15) is 38.2 Å². The predicted molar refractivity (Wildman–Crippen MR) is 110 cm³/mol. The molecule has 26 heavy (non-hydrogen) atoms. The van der Waals surface area contributed by atoms with Gasteiger partial charge in [-0.1, -0.05) is 25.1 Å². The third kappa shape index (κ3) is 5.01. The molecule has 0 aromatic heterocycles. The van der Waals surface area contributed by atoms with E-state index in [1.54, 1.807) is 0 Å². The summed E-state index contributed by atoms with van der Waals surface area (Å²) in [6.07, 6.45) is 5.31. The molecule has 4 heteroatoms. The molecule has 0 aliphatic carbocycles. The van der Waals surface area contributed by atoms with Crippen LogP contribution in [0.3, 0.4) is 0 Å². The van der Waals surface area contributed by atoms with Crippen molar-refractivity contribution in [3.8, 4) is 0 Å². The van der Waals surface area contributed by atoms with Crippen LogP contribution in [0, 0.1) is 0 Å². The number of aryl methyl sites for hydroxylation is 1. The van der Waals surface area contributed by atoms with Crippen molar-refractivity contribution in [2.24, 2.45) is 0 Å². The Balaban J connectivity index is 1.45. The van der Waals surface area contributed by atoms with E-state index in [2.05, 4.69) is 46.7 Å². The summed E-state index contributed by atoms with van der Waals surface area (Å²) in [4.78, 5) is 14.6. The molecule has 0 bridgehead atoms. The summed E-state index contributed by atoms with van der Waals surface area (Å²) in [6.45, 7) is 5.04. The first-order valence-corrected chi connectivity index (χ1v) is 9.73. The smallest absolute Gasteiger partial charge is 0.226 e. The van der Waals surface area contributed by atoms with Gasteiger partial charge in [0.1, 0.15) is 0 Å². The molecule has 1 saturated heterocycles. The van der Waals surface area contributed by atoms with Crippen molar-refractivity contribution < 1.29 is 4.79 Å². The van der Waals surface area contributed by atoms with Crippen LogP contribution in [-0.4, -0.2) is 25.5 Å². The Morgan fingerprint density at radius 1 is 1.00 bits per heavy atom. The molecule has 2 aromatic carbocycles. The largest absolute Gasteiger partial charge is 0.384 e. The van der Waals surface area contributed by atoms with E-state index < -0.39 is 0 Å². The maximum atomic E-state index is 12.2. The van der Waals surface area contributed by atoms with Crippen molar-refractivity contribution in [2.75, 3.05) is 35.2 Å². The number of nitrogens with one attached hydrogen (secondary N) is 2. The molecule has 0 radical (unpaired) electrons. The van der Waals surface area contributed by atoms with Crippen LogP contribution in [0.25, 0.3) is 0 Å². The normalized spacial score (nSPS) is 14.1. The molecule has 1 amide bonds. The average Bonchev–Trinajstić information content (AvgIpc) is 2.69. The highest BCUT2D eigenvalue weighted by molar-refractivity contribution is 5.91. The third-order valence-electron chi connectivity index (χ3n) is 4.94. The lowest BCUT2D eigenvalue weighted by molar-refractivity contribution is -0.115. The summed E-state index contributed by atoms with van der Waals surface area (Å²) in [7, 11) is 0. The maximum Gasteiger partial charge on any atom is 0.226 e. The number of piperidine rings is 1. The predicted octanol–water partition coefficient (Wildman–Crippen LogP) is 4.68. The quantitative estimate of drug-likeness (QED) is 0.761. The molecule has 4 nitrogen and oxygen atoms in total. The lowest BCUT2D eigenvalue weighted by Crippen LogP contribution is -2.29. The standard InChI is InChI=1S/C22H29N3O/c1-2-18-8-4-5-9-21(18)23-15-14-22(26)24-19-10-12-20(13-11-19)25-16-6-3-7-17-25/h4-5,8-13,23H,2-3,6-7,14-17H2,1H3,(H,24,26). The zero-order valence-corrected chi connectivity index (χ0v) is 15.6. The average molecular weight is 351 g/mol. The van der Waals surface area contributed by atoms with E-state index in [1.165, 1.54) is 30.5 Å². The van der Waals surface area contributed by atoms with Gasteiger partial charge >= 0.3 is 0 Å². The Labute approximate surface area is 156 Å². The number of hydrogen-bond donors (Lipinski definition) is 2. The van der Waals surface area contributed by atoms with Crippen molar-refractivity contribution >= 4 is 23.0 Å². The monoisotopic (exact) mass is 351 g/mol. The zero-order valence-electron chi connectivity index (χ0n) is 15.6. The van der Waals surface area contributed by atoms with E-state index in [0.717, 1.165) is 30.9 Å². The van der Waals surface area contributed by atoms with Crippen LogP contribution in [0.2, 0.25) is 0 Å². The Morgan fingerprint density at radius 2 is 1.73 bits per heavy atom. The van der Waals surface area contributed by atoms with Crippen molar-refractivity contribution in [3.05, 3.63) is 54.1 Å². The molecule has 1 aliphatic heterocycles. The van der Waals surface area contributed by atoms with Gasteiger partial charge in [-0.25, -0.2) is 0 Å². The Morgan fingerprint density at radius 3 is 2.46 bits per heavy atom. The molecule has 138 valence electrons. The summed E-state index contributed by atoms with van der Waals surface area (Å²) in [5.41, 5.74) is 4.51. The van der Waals surface area contributed by atoms with Gasteiger partial charge in [-0.15, -0.1) is 0 Å². The minimum absolute atomic E-state index is 0.0391. The number of nitrogens with zero attached hydrogens (tertiary/aromatic N) is 1. The second-order valence-electron chi connectivity index (χ2n) is 6.83. The van der Waals surface area contributed by atoms with Gasteiger partial charge in [0.15, 0.2) is 0 Å². The first-order chi connectivity index (χ1) is 12.8. The number of para-hydroxylation sites is 1. The maximum absolute atomic E-state index is 12.2. The molecule has 0 unspecified atom stereocenters. The lowest BCUT2D eigenvalue weighted by Gasteiger charge is -2.28. The van der Waals surface area contributed by atoms with Crippen LogP contribution in [0.5, 0.6) is 0 Å². The number of rotatable bonds is 7. The van der Waals surface area contributed by atoms with Crippen LogP contribution in [0.15, 0.2) is 48.5 Å². The molecule has 2 N–H and O–H groups in total. The molecule has 3 rings (SSSR count). The van der Waals surface area contributed by atoms with Crippen LogP contribution < -0.4 is 15.5 Å². The van der Waals surface area contributed by atoms with Gasteiger partial charge in [0.2, 0.25) is 5.91 Å². The summed E-state index contributed by atoms with van der Waals surface area (Å²) in [6, 6.07) is 16.5. The molecule has 1 fully saturated rings. The fraction of sp³-hybridized carbons (Fsp3) is 0.409. The highest BCUT2D eigenvalue weighted by atomic mass is 16.1. The number of carbonyl (C=O) groups is 1. The van der Waals surface area contributed by atoms with Crippen molar-refractivity contribution in [1.82, 2.24) is 0 Å². The Hall–Kier alpha value is -2.49. The van der Waals surface area contributed by atoms with E-state index in [0.29, 0.717) is 13.0 Å². The number of anilines is 3. The molecular formula is C22H29N3O. The number of amides is 1. The third-order valence-corrected chi connectivity index (χ3v) is 4.94. The SMILES string of the molecule is CCc1ccccc1NCCC(=O)Nc1ccc(N2CCCCC2)cc1. The fourth-order valence-electron chi connectivity index (χ4n) is 3.44. The molecule has 1 aliphatic rings. The number of hydrogen-bond acceptors (Lipinski definition) is 3. The van der Waals surface area contributed by atoms with E-state index in [1.807, 2.05) is 24.3 Å². The molecule has 1 heterocycles. The fourth-order valence-corrected chi connectivity index (χ4v) is 3.44. The van der Waals surface area contributed by atoms with E-state index in [9.17, 15) is 4.79 Å². The van der Waals surface area contributed by atoms with Gasteiger partial charge in [-0.2, -0.15) is 0 Å². The van der Waals surface area contributed by atoms with E-state index in [-0.39, 0.29) is 5.91 Å². The first-order valence-electron chi connectivity index (χ1n) is 9.73. The van der Waals surface area contributed by atoms with Crippen LogP contribution in [0.4, 0.5) is 17.1 Å². The molecule has 0 saturated carbocycles. The van der Waals surface area contributed by atoms with Crippen molar-refractivity contribution in [3.63, 3.8) is 0 Å². The summed E-state index contributed by atoms with van der Waals surface area (Å²) >= 11 is 0. The second kappa shape index (κ2) is 9.27. The van der Waals surface area contributed by atoms with Crippen molar-refractivity contribution in [2.45, 2.75) is 39.0 Å². The Bertz CT molecular complexity index is 706. The molecule has 0 atom stereocenters. The van der Waals surface area contributed by atoms with Gasteiger partial charge in [0.05, 0.1) is 0 Å². The van der Waals surface area contributed by atoms with Crippen molar-refractivity contribution in [1.29, 1.82) is 0 Å². The van der Waals surface area contributed by atoms with E-state index >= 15 is 0 Å². The number of carbonyl (C=O) groups excluding carboxylic acids is 1. The summed E-state index contributed by atoms with van der Waals surface area (Å²) in [5.74, 6) is 0.0391. The lowest BCUT2D eigenvalue weighted by atomic mass is 10.1. The second-order valence-corrected chi connectivity index (χ2v) is 6.83. The molecular weight excluding hydrogens is 322 g/mol. The van der Waals surface area contributed by atoms with Crippen LogP contribution in [-0.2, 0) is 11.2 Å². The minimum atomic E-state index is 0.0391. The summed E-state index contributed by atoms with van der Waals surface area (Å²) in [5, 5.41) is 6.35. The zero-order chi connectivity index (χ0) is 18.2. The van der Waals surface area contributed by atoms with Gasteiger partial charge in [-0.3, -0.25) is 4.79 Å². The molecule has 0 spiro atoms.